The lowest BCUT2D eigenvalue weighted by Crippen LogP contribution is -2.26. The number of carbonyl (C=O) groups is 1. The summed E-state index contributed by atoms with van der Waals surface area (Å²) in [7, 11) is 0. The summed E-state index contributed by atoms with van der Waals surface area (Å²) >= 11 is 0. The first-order valence-electron chi connectivity index (χ1n) is 7.90. The molecule has 1 aromatic heterocycles. The van der Waals surface area contributed by atoms with E-state index in [2.05, 4.69) is 5.32 Å². The van der Waals surface area contributed by atoms with Crippen molar-refractivity contribution in [2.45, 2.75) is 13.0 Å². The molecule has 1 aliphatic rings. The maximum atomic E-state index is 12.5. The summed E-state index contributed by atoms with van der Waals surface area (Å²) in [4.78, 5) is 12.5. The van der Waals surface area contributed by atoms with Gasteiger partial charge in [0.2, 0.25) is 0 Å². The minimum absolute atomic E-state index is 0.181. The van der Waals surface area contributed by atoms with E-state index in [0.717, 1.165) is 16.7 Å². The molecule has 1 atom stereocenters. The number of hydrogen-bond donors (Lipinski definition) is 1. The second-order valence-corrected chi connectivity index (χ2v) is 5.74. The van der Waals surface area contributed by atoms with Crippen LogP contribution in [0.1, 0.15) is 29.1 Å². The fourth-order valence-corrected chi connectivity index (χ4v) is 2.75. The number of para-hydroxylation sites is 1. The van der Waals surface area contributed by atoms with Crippen molar-refractivity contribution in [2.24, 2.45) is 0 Å². The first-order valence-corrected chi connectivity index (χ1v) is 7.90. The number of hydrogen-bond acceptors (Lipinski definition) is 4. The van der Waals surface area contributed by atoms with Gasteiger partial charge in [-0.15, -0.1) is 0 Å². The average Bonchev–Trinajstić information content (AvgIpc) is 3.05. The first-order chi connectivity index (χ1) is 11.7. The highest BCUT2D eigenvalue weighted by atomic mass is 16.6. The van der Waals surface area contributed by atoms with Crippen LogP contribution in [-0.2, 0) is 0 Å². The van der Waals surface area contributed by atoms with Crippen LogP contribution in [0, 0.1) is 0 Å². The third kappa shape index (κ3) is 2.69. The molecular formula is C19H17NO4. The van der Waals surface area contributed by atoms with E-state index < -0.39 is 0 Å². The molecule has 0 unspecified atom stereocenters. The van der Waals surface area contributed by atoms with Crippen LogP contribution >= 0.6 is 0 Å². The van der Waals surface area contributed by atoms with Crippen LogP contribution < -0.4 is 14.8 Å². The molecule has 0 radical (unpaired) electrons. The SMILES string of the molecule is C[C@H](NC(=O)c1ccc2c(c1)OCCO2)c1cc2ccccc2o1. The maximum Gasteiger partial charge on any atom is 0.252 e. The van der Waals surface area contributed by atoms with Crippen molar-refractivity contribution in [3.05, 3.63) is 59.9 Å². The highest BCUT2D eigenvalue weighted by Gasteiger charge is 2.18. The largest absolute Gasteiger partial charge is 0.486 e. The zero-order chi connectivity index (χ0) is 16.5. The molecule has 5 heteroatoms. The zero-order valence-electron chi connectivity index (χ0n) is 13.2. The molecule has 1 N–H and O–H groups in total. The highest BCUT2D eigenvalue weighted by molar-refractivity contribution is 5.95. The Balaban J connectivity index is 1.52. The second-order valence-electron chi connectivity index (χ2n) is 5.74. The van der Waals surface area contributed by atoms with E-state index in [9.17, 15) is 4.79 Å². The molecule has 0 bridgehead atoms. The number of furan rings is 1. The van der Waals surface area contributed by atoms with Gasteiger partial charge in [0, 0.05) is 10.9 Å². The normalized spacial score (nSPS) is 14.4. The van der Waals surface area contributed by atoms with Crippen molar-refractivity contribution >= 4 is 16.9 Å². The summed E-state index contributed by atoms with van der Waals surface area (Å²) in [6, 6.07) is 14.7. The molecule has 1 amide bonds. The highest BCUT2D eigenvalue weighted by Crippen LogP contribution is 2.31. The summed E-state index contributed by atoms with van der Waals surface area (Å²) in [5.41, 5.74) is 1.34. The molecule has 24 heavy (non-hydrogen) atoms. The van der Waals surface area contributed by atoms with Crippen LogP contribution in [0.5, 0.6) is 11.5 Å². The van der Waals surface area contributed by atoms with Gasteiger partial charge in [0.05, 0.1) is 6.04 Å². The van der Waals surface area contributed by atoms with Crippen molar-refractivity contribution in [3.8, 4) is 11.5 Å². The quantitative estimate of drug-likeness (QED) is 0.798. The molecule has 0 saturated heterocycles. The van der Waals surface area contributed by atoms with Gasteiger partial charge in [-0.1, -0.05) is 18.2 Å². The summed E-state index contributed by atoms with van der Waals surface area (Å²) in [6.07, 6.45) is 0. The van der Waals surface area contributed by atoms with Gasteiger partial charge in [0.1, 0.15) is 24.6 Å². The number of rotatable bonds is 3. The van der Waals surface area contributed by atoms with E-state index in [0.29, 0.717) is 30.3 Å². The molecule has 4 rings (SSSR count). The predicted octanol–water partition coefficient (Wildman–Crippen LogP) is 3.70. The van der Waals surface area contributed by atoms with Gasteiger partial charge in [0.15, 0.2) is 11.5 Å². The molecule has 122 valence electrons. The lowest BCUT2D eigenvalue weighted by atomic mass is 10.1. The second kappa shape index (κ2) is 5.92. The van der Waals surface area contributed by atoms with Crippen molar-refractivity contribution in [2.75, 3.05) is 13.2 Å². The maximum absolute atomic E-state index is 12.5. The first kappa shape index (κ1) is 14.6. The Bertz CT molecular complexity index is 866. The van der Waals surface area contributed by atoms with Crippen LogP contribution in [0.15, 0.2) is 52.9 Å². The number of benzene rings is 2. The summed E-state index contributed by atoms with van der Waals surface area (Å²) in [5.74, 6) is 1.82. The number of fused-ring (bicyclic) bond motifs is 2. The molecule has 0 aliphatic carbocycles. The Morgan fingerprint density at radius 2 is 1.83 bits per heavy atom. The minimum atomic E-state index is -0.238. The topological polar surface area (TPSA) is 60.7 Å². The summed E-state index contributed by atoms with van der Waals surface area (Å²) in [6.45, 7) is 2.92. The number of amides is 1. The van der Waals surface area contributed by atoms with Gasteiger partial charge < -0.3 is 19.2 Å². The van der Waals surface area contributed by atoms with E-state index in [-0.39, 0.29) is 11.9 Å². The molecule has 2 heterocycles. The van der Waals surface area contributed by atoms with Crippen LogP contribution in [0.2, 0.25) is 0 Å². The fraction of sp³-hybridized carbons (Fsp3) is 0.211. The van der Waals surface area contributed by atoms with Crippen LogP contribution in [0.3, 0.4) is 0 Å². The molecular weight excluding hydrogens is 306 g/mol. The third-order valence-electron chi connectivity index (χ3n) is 4.02. The van der Waals surface area contributed by atoms with Crippen molar-refractivity contribution in [1.82, 2.24) is 5.32 Å². The fourth-order valence-electron chi connectivity index (χ4n) is 2.75. The van der Waals surface area contributed by atoms with Crippen LogP contribution in [-0.4, -0.2) is 19.1 Å². The smallest absolute Gasteiger partial charge is 0.252 e. The van der Waals surface area contributed by atoms with E-state index in [1.54, 1.807) is 18.2 Å². The molecule has 1 aliphatic heterocycles. The van der Waals surface area contributed by atoms with Gasteiger partial charge in [0.25, 0.3) is 5.91 Å². The van der Waals surface area contributed by atoms with Crippen molar-refractivity contribution < 1.29 is 18.7 Å². The van der Waals surface area contributed by atoms with Crippen LogP contribution in [0.25, 0.3) is 11.0 Å². The number of nitrogens with one attached hydrogen (secondary N) is 1. The van der Waals surface area contributed by atoms with E-state index in [1.165, 1.54) is 0 Å². The van der Waals surface area contributed by atoms with Crippen molar-refractivity contribution in [3.63, 3.8) is 0 Å². The average molecular weight is 323 g/mol. The molecule has 0 saturated carbocycles. The number of carbonyl (C=O) groups excluding carboxylic acids is 1. The Kier molecular flexibility index (Phi) is 3.61. The minimum Gasteiger partial charge on any atom is -0.486 e. The Hall–Kier alpha value is -2.95. The summed E-state index contributed by atoms with van der Waals surface area (Å²) in [5, 5.41) is 3.97. The van der Waals surface area contributed by atoms with E-state index in [4.69, 9.17) is 13.9 Å². The summed E-state index contributed by atoms with van der Waals surface area (Å²) < 4.78 is 16.8. The molecule has 0 fully saturated rings. The van der Waals surface area contributed by atoms with Gasteiger partial charge in [-0.25, -0.2) is 0 Å². The number of ether oxygens (including phenoxy) is 2. The monoisotopic (exact) mass is 323 g/mol. The molecule has 2 aromatic carbocycles. The van der Waals surface area contributed by atoms with E-state index in [1.807, 2.05) is 37.3 Å². The third-order valence-corrected chi connectivity index (χ3v) is 4.02. The van der Waals surface area contributed by atoms with Crippen LogP contribution in [0.4, 0.5) is 0 Å². The predicted molar refractivity (Wildman–Crippen MR) is 89.5 cm³/mol. The molecule has 3 aromatic rings. The Morgan fingerprint density at radius 3 is 2.67 bits per heavy atom. The van der Waals surface area contributed by atoms with E-state index >= 15 is 0 Å². The molecule has 5 nitrogen and oxygen atoms in total. The standard InChI is InChI=1S/C19H17NO4/c1-12(17-10-13-4-2-3-5-15(13)24-17)20-19(21)14-6-7-16-18(11-14)23-9-8-22-16/h2-7,10-12H,8-9H2,1H3,(H,20,21)/t12-/m0/s1. The Labute approximate surface area is 139 Å². The zero-order valence-corrected chi connectivity index (χ0v) is 13.2. The van der Waals surface area contributed by atoms with Gasteiger partial charge in [-0.2, -0.15) is 0 Å². The molecule has 0 spiro atoms. The van der Waals surface area contributed by atoms with Gasteiger partial charge in [-0.3, -0.25) is 4.79 Å². The van der Waals surface area contributed by atoms with Crippen molar-refractivity contribution in [1.29, 1.82) is 0 Å². The Morgan fingerprint density at radius 1 is 1.04 bits per heavy atom. The van der Waals surface area contributed by atoms with Gasteiger partial charge >= 0.3 is 0 Å². The lowest BCUT2D eigenvalue weighted by molar-refractivity contribution is 0.0934. The van der Waals surface area contributed by atoms with Gasteiger partial charge in [-0.05, 0) is 37.3 Å². The lowest BCUT2D eigenvalue weighted by Gasteiger charge is -2.19.